The minimum atomic E-state index is -0.305. The zero-order chi connectivity index (χ0) is 23.4. The Bertz CT molecular complexity index is 1260. The lowest BCUT2D eigenvalue weighted by Gasteiger charge is -2.11. The molecule has 0 fully saturated rings. The van der Waals surface area contributed by atoms with Gasteiger partial charge in [-0.1, -0.05) is 29.8 Å². The van der Waals surface area contributed by atoms with E-state index in [-0.39, 0.29) is 30.3 Å². The number of Topliss-reactive ketones (excluding diaryl/α,β-unsaturated/α-hetero) is 1. The molecule has 0 radical (unpaired) electrons. The van der Waals surface area contributed by atoms with Gasteiger partial charge in [-0.05, 0) is 43.2 Å². The number of fused-ring (bicyclic) bond motifs is 1. The monoisotopic (exact) mass is 445 g/mol. The predicted molar refractivity (Wildman–Crippen MR) is 126 cm³/mol. The summed E-state index contributed by atoms with van der Waals surface area (Å²) in [5.74, 6) is 0.117. The number of carbonyl (C=O) groups excluding carboxylic acids is 2. The minimum Gasteiger partial charge on any atom is -0.359 e. The summed E-state index contributed by atoms with van der Waals surface area (Å²) in [5, 5.41) is 8.59. The van der Waals surface area contributed by atoms with Gasteiger partial charge < -0.3 is 16.0 Å². The van der Waals surface area contributed by atoms with Crippen LogP contribution in [0, 0.1) is 5.82 Å². The van der Waals surface area contributed by atoms with Gasteiger partial charge in [0.15, 0.2) is 11.6 Å². The number of anilines is 4. The molecule has 1 amide bonds. The number of hydrogen-bond donors (Lipinski definition) is 3. The molecule has 2 aromatic carbocycles. The van der Waals surface area contributed by atoms with Crippen LogP contribution in [0.15, 0.2) is 54.2 Å². The summed E-state index contributed by atoms with van der Waals surface area (Å²) in [4.78, 5) is 32.4. The Kier molecular flexibility index (Phi) is 6.44. The van der Waals surface area contributed by atoms with Crippen molar-refractivity contribution in [2.75, 3.05) is 17.7 Å². The van der Waals surface area contributed by atoms with Gasteiger partial charge in [0.25, 0.3) is 0 Å². The Balaban J connectivity index is 1.47. The molecule has 1 aliphatic rings. The van der Waals surface area contributed by atoms with Crippen LogP contribution in [0.2, 0.25) is 0 Å². The fourth-order valence-electron chi connectivity index (χ4n) is 3.66. The second kappa shape index (κ2) is 9.60. The molecule has 3 aromatic rings. The summed E-state index contributed by atoms with van der Waals surface area (Å²) in [6.45, 7) is 1.99. The molecule has 0 unspecified atom stereocenters. The zero-order valence-corrected chi connectivity index (χ0v) is 18.4. The van der Waals surface area contributed by atoms with Gasteiger partial charge in [-0.15, -0.1) is 0 Å². The number of amides is 1. The molecule has 4 rings (SSSR count). The van der Waals surface area contributed by atoms with E-state index in [2.05, 4.69) is 25.9 Å². The summed E-state index contributed by atoms with van der Waals surface area (Å²) in [6.07, 6.45) is 4.46. The number of hydrogen-bond acceptors (Lipinski definition) is 6. The SMILES string of the molecule is CNC(=O)CCC(=O)c1cccc(Nc2nccc(Nc3ccc4c(c3F)C=C(C)C4)n2)c1. The summed E-state index contributed by atoms with van der Waals surface area (Å²) in [7, 11) is 1.54. The van der Waals surface area contributed by atoms with Gasteiger partial charge in [0.2, 0.25) is 11.9 Å². The first kappa shape index (κ1) is 22.1. The number of aromatic nitrogens is 2. The molecule has 3 N–H and O–H groups in total. The standard InChI is InChI=1S/C25H24FN5O2/c1-15-12-16-6-7-20(24(26)19(16)13-15)30-22-10-11-28-25(31-22)29-18-5-3-4-17(14-18)21(32)8-9-23(33)27-2/h3-7,10-11,13-14H,8-9,12H2,1-2H3,(H,27,33)(H2,28,29,30,31). The number of benzene rings is 2. The first-order chi connectivity index (χ1) is 15.9. The van der Waals surface area contributed by atoms with E-state index in [1.54, 1.807) is 42.6 Å². The molecule has 8 heteroatoms. The van der Waals surface area contributed by atoms with Crippen molar-refractivity contribution in [3.8, 4) is 0 Å². The topological polar surface area (TPSA) is 96.0 Å². The first-order valence-electron chi connectivity index (χ1n) is 10.6. The Morgan fingerprint density at radius 2 is 1.94 bits per heavy atom. The first-order valence-corrected chi connectivity index (χ1v) is 10.6. The fraction of sp³-hybridized carbons (Fsp3) is 0.200. The largest absolute Gasteiger partial charge is 0.359 e. The van der Waals surface area contributed by atoms with Crippen LogP contribution in [-0.4, -0.2) is 28.7 Å². The molecule has 7 nitrogen and oxygen atoms in total. The van der Waals surface area contributed by atoms with Crippen LogP contribution in [-0.2, 0) is 11.2 Å². The van der Waals surface area contributed by atoms with E-state index in [1.807, 2.05) is 19.1 Å². The lowest BCUT2D eigenvalue weighted by Crippen LogP contribution is -2.18. The third-order valence-electron chi connectivity index (χ3n) is 5.35. The number of nitrogens with zero attached hydrogens (tertiary/aromatic N) is 2. The normalized spacial score (nSPS) is 12.0. The van der Waals surface area contributed by atoms with Crippen LogP contribution >= 0.6 is 0 Å². The highest BCUT2D eigenvalue weighted by Gasteiger charge is 2.17. The molecule has 168 valence electrons. The lowest BCUT2D eigenvalue weighted by atomic mass is 10.1. The highest BCUT2D eigenvalue weighted by Crippen LogP contribution is 2.32. The number of halogens is 1. The average molecular weight is 445 g/mol. The van der Waals surface area contributed by atoms with Crippen molar-refractivity contribution in [1.82, 2.24) is 15.3 Å². The number of allylic oxidation sites excluding steroid dienone is 1. The summed E-state index contributed by atoms with van der Waals surface area (Å²) in [5.41, 5.74) is 4.18. The van der Waals surface area contributed by atoms with Crippen molar-refractivity contribution in [2.24, 2.45) is 0 Å². The van der Waals surface area contributed by atoms with E-state index in [0.717, 1.165) is 17.6 Å². The third kappa shape index (κ3) is 5.23. The van der Waals surface area contributed by atoms with Crippen LogP contribution in [0.1, 0.15) is 41.3 Å². The maximum Gasteiger partial charge on any atom is 0.229 e. The van der Waals surface area contributed by atoms with Gasteiger partial charge in [0.1, 0.15) is 5.82 Å². The maximum absolute atomic E-state index is 14.9. The summed E-state index contributed by atoms with van der Waals surface area (Å²) < 4.78 is 14.9. The van der Waals surface area contributed by atoms with Gasteiger partial charge in [-0.2, -0.15) is 4.98 Å². The molecule has 33 heavy (non-hydrogen) atoms. The maximum atomic E-state index is 14.9. The molecular weight excluding hydrogens is 421 g/mol. The van der Waals surface area contributed by atoms with Crippen LogP contribution in [0.4, 0.5) is 27.5 Å². The lowest BCUT2D eigenvalue weighted by molar-refractivity contribution is -0.120. The van der Waals surface area contributed by atoms with E-state index < -0.39 is 0 Å². The van der Waals surface area contributed by atoms with Crippen LogP contribution in [0.3, 0.4) is 0 Å². The van der Waals surface area contributed by atoms with Crippen molar-refractivity contribution in [3.05, 3.63) is 76.7 Å². The Morgan fingerprint density at radius 3 is 2.76 bits per heavy atom. The molecule has 0 spiro atoms. The van der Waals surface area contributed by atoms with Crippen molar-refractivity contribution >= 4 is 40.9 Å². The highest BCUT2D eigenvalue weighted by atomic mass is 19.1. The van der Waals surface area contributed by atoms with Gasteiger partial charge >= 0.3 is 0 Å². The van der Waals surface area contributed by atoms with E-state index in [1.165, 1.54) is 7.05 Å². The second-order valence-electron chi connectivity index (χ2n) is 7.86. The molecule has 0 bridgehead atoms. The van der Waals surface area contributed by atoms with E-state index in [0.29, 0.717) is 34.3 Å². The minimum absolute atomic E-state index is 0.125. The van der Waals surface area contributed by atoms with Gasteiger partial charge in [-0.25, -0.2) is 9.37 Å². The van der Waals surface area contributed by atoms with Crippen molar-refractivity contribution in [3.63, 3.8) is 0 Å². The van der Waals surface area contributed by atoms with Crippen LogP contribution in [0.25, 0.3) is 6.08 Å². The average Bonchev–Trinajstić information content (AvgIpc) is 3.20. The highest BCUT2D eigenvalue weighted by molar-refractivity contribution is 5.98. The van der Waals surface area contributed by atoms with Gasteiger partial charge in [0, 0.05) is 42.9 Å². The van der Waals surface area contributed by atoms with Gasteiger partial charge in [-0.3, -0.25) is 9.59 Å². The molecule has 0 atom stereocenters. The molecule has 1 aliphatic carbocycles. The summed E-state index contributed by atoms with van der Waals surface area (Å²) >= 11 is 0. The molecule has 0 saturated heterocycles. The molecule has 0 aliphatic heterocycles. The van der Waals surface area contributed by atoms with Crippen LogP contribution < -0.4 is 16.0 Å². The fourth-order valence-corrected chi connectivity index (χ4v) is 3.66. The van der Waals surface area contributed by atoms with Crippen molar-refractivity contribution in [2.45, 2.75) is 26.2 Å². The number of nitrogens with one attached hydrogen (secondary N) is 3. The smallest absolute Gasteiger partial charge is 0.229 e. The van der Waals surface area contributed by atoms with E-state index >= 15 is 0 Å². The second-order valence-corrected chi connectivity index (χ2v) is 7.86. The molecule has 1 heterocycles. The number of ketones is 1. The van der Waals surface area contributed by atoms with E-state index in [4.69, 9.17) is 0 Å². The molecular formula is C25H24FN5O2. The Hall–Kier alpha value is -4.07. The predicted octanol–water partition coefficient (Wildman–Crippen LogP) is 4.77. The van der Waals surface area contributed by atoms with Gasteiger partial charge in [0.05, 0.1) is 5.69 Å². The summed E-state index contributed by atoms with van der Waals surface area (Å²) in [6, 6.07) is 12.2. The number of carbonyl (C=O) groups is 2. The Labute approximate surface area is 191 Å². The zero-order valence-electron chi connectivity index (χ0n) is 18.4. The van der Waals surface area contributed by atoms with Crippen LogP contribution in [0.5, 0.6) is 0 Å². The number of rotatable bonds is 8. The molecule has 0 saturated carbocycles. The third-order valence-corrected chi connectivity index (χ3v) is 5.35. The van der Waals surface area contributed by atoms with Crippen molar-refractivity contribution < 1.29 is 14.0 Å². The molecule has 1 aromatic heterocycles. The quantitative estimate of drug-likeness (QED) is 0.432. The van der Waals surface area contributed by atoms with Crippen molar-refractivity contribution in [1.29, 1.82) is 0 Å². The Morgan fingerprint density at radius 1 is 1.09 bits per heavy atom. The van der Waals surface area contributed by atoms with E-state index in [9.17, 15) is 14.0 Å².